The van der Waals surface area contributed by atoms with Crippen molar-refractivity contribution in [2.45, 2.75) is 69.0 Å². The summed E-state index contributed by atoms with van der Waals surface area (Å²) >= 11 is 0. The number of ether oxygens (including phenoxy) is 4. The summed E-state index contributed by atoms with van der Waals surface area (Å²) in [6.07, 6.45) is -2.62. The number of nitrogens with zero attached hydrogens (tertiary/aromatic N) is 2. The van der Waals surface area contributed by atoms with Crippen molar-refractivity contribution in [1.82, 2.24) is 9.55 Å². The van der Waals surface area contributed by atoms with Gasteiger partial charge in [-0.1, -0.05) is 93.6 Å². The Hall–Kier alpha value is -5.05. The molecule has 0 radical (unpaired) electrons. The van der Waals surface area contributed by atoms with Gasteiger partial charge >= 0.3 is 13.9 Å². The molecule has 1 N–H and O–H groups in total. The molecule has 1 aromatic heterocycles. The van der Waals surface area contributed by atoms with Crippen molar-refractivity contribution in [3.8, 4) is 11.5 Å². The van der Waals surface area contributed by atoms with E-state index < -0.39 is 58.3 Å². The fourth-order valence-electron chi connectivity index (χ4n) is 6.71. The zero-order valence-corrected chi connectivity index (χ0v) is 36.4. The molecule has 5 aromatic rings. The molecule has 6 rings (SSSR count). The highest BCUT2D eigenvalue weighted by atomic mass is 31.1. The summed E-state index contributed by atoms with van der Waals surface area (Å²) in [5.74, 6) is 0.969. The SMILES string of the molecule is COc1ccc(C(OC[C@H]2O[C@@H](n3ccc(NC(=O)c4ccccc4)nc3=O)[C@H](O[Si](C)(C)C(C)(C)C)[C@@H]2O[P+](=O)OC)(c2ccccc2)c2ccc(OC)cc2)cc1. The highest BCUT2D eigenvalue weighted by Crippen LogP contribution is 2.47. The topological polar surface area (TPSA) is 146 Å². The number of carbonyl (C=O) groups excluding carboxylic acids is 1. The van der Waals surface area contributed by atoms with Gasteiger partial charge in [0.2, 0.25) is 0 Å². The van der Waals surface area contributed by atoms with E-state index in [1.54, 1.807) is 44.6 Å². The van der Waals surface area contributed by atoms with Gasteiger partial charge in [0.1, 0.15) is 35.1 Å². The van der Waals surface area contributed by atoms with Gasteiger partial charge in [-0.25, -0.2) is 4.79 Å². The molecular formula is C44H51N3O10PSi+. The Bertz CT molecular complexity index is 2200. The van der Waals surface area contributed by atoms with Crippen LogP contribution in [0.3, 0.4) is 0 Å². The minimum absolute atomic E-state index is 0.0572. The molecule has 13 nitrogen and oxygen atoms in total. The maximum Gasteiger partial charge on any atom is 0.697 e. The minimum Gasteiger partial charge on any atom is -0.497 e. The van der Waals surface area contributed by atoms with E-state index in [9.17, 15) is 14.2 Å². The second-order valence-corrected chi connectivity index (χ2v) is 21.3. The monoisotopic (exact) mass is 840 g/mol. The Balaban J connectivity index is 1.45. The lowest BCUT2D eigenvalue weighted by molar-refractivity contribution is -0.0938. The van der Waals surface area contributed by atoms with Crippen molar-refractivity contribution >= 4 is 28.3 Å². The molecule has 1 aliphatic rings. The summed E-state index contributed by atoms with van der Waals surface area (Å²) in [5, 5.41) is 2.41. The quantitative estimate of drug-likeness (QED) is 0.0580. The predicted molar refractivity (Wildman–Crippen MR) is 227 cm³/mol. The van der Waals surface area contributed by atoms with Gasteiger partial charge in [0.25, 0.3) is 5.91 Å². The molecule has 15 heteroatoms. The van der Waals surface area contributed by atoms with Crippen LogP contribution in [0.4, 0.5) is 5.82 Å². The van der Waals surface area contributed by atoms with Crippen molar-refractivity contribution in [1.29, 1.82) is 0 Å². The van der Waals surface area contributed by atoms with Gasteiger partial charge in [-0.3, -0.25) is 9.36 Å². The van der Waals surface area contributed by atoms with Crippen molar-refractivity contribution in [2.75, 3.05) is 33.3 Å². The summed E-state index contributed by atoms with van der Waals surface area (Å²) in [6, 6.07) is 35.1. The fourth-order valence-corrected chi connectivity index (χ4v) is 8.54. The molecule has 0 saturated carbocycles. The van der Waals surface area contributed by atoms with Crippen molar-refractivity contribution in [3.05, 3.63) is 154 Å². The van der Waals surface area contributed by atoms with Crippen LogP contribution in [-0.4, -0.2) is 70.0 Å². The molecule has 1 amide bonds. The van der Waals surface area contributed by atoms with E-state index in [1.165, 1.54) is 23.9 Å². The molecule has 0 bridgehead atoms. The number of carbonyl (C=O) groups is 1. The second-order valence-electron chi connectivity index (χ2n) is 15.5. The van der Waals surface area contributed by atoms with Gasteiger partial charge in [-0.05, 0) is 77.3 Å². The van der Waals surface area contributed by atoms with Crippen molar-refractivity contribution in [2.24, 2.45) is 0 Å². The lowest BCUT2D eigenvalue weighted by Gasteiger charge is -2.40. The van der Waals surface area contributed by atoms with Gasteiger partial charge in [-0.15, -0.1) is 9.05 Å². The molecule has 1 fully saturated rings. The van der Waals surface area contributed by atoms with Gasteiger partial charge < -0.3 is 28.7 Å². The summed E-state index contributed by atoms with van der Waals surface area (Å²) in [7, 11) is -0.811. The van der Waals surface area contributed by atoms with Crippen LogP contribution in [0, 0.1) is 0 Å². The number of hydrogen-bond donors (Lipinski definition) is 1. The smallest absolute Gasteiger partial charge is 0.497 e. The summed E-state index contributed by atoms with van der Waals surface area (Å²) in [6.45, 7) is 10.3. The second kappa shape index (κ2) is 18.5. The first-order valence-electron chi connectivity index (χ1n) is 19.2. The van der Waals surface area contributed by atoms with Crippen molar-refractivity contribution in [3.63, 3.8) is 0 Å². The molecule has 59 heavy (non-hydrogen) atoms. The first-order valence-corrected chi connectivity index (χ1v) is 23.2. The third kappa shape index (κ3) is 9.55. The highest BCUT2D eigenvalue weighted by Gasteiger charge is 2.56. The first kappa shape index (κ1) is 43.5. The number of methoxy groups -OCH3 is 2. The summed E-state index contributed by atoms with van der Waals surface area (Å²) < 4.78 is 57.9. The van der Waals surface area contributed by atoms with Gasteiger partial charge in [0.15, 0.2) is 20.6 Å². The number of benzene rings is 4. The Labute approximate surface area is 346 Å². The minimum atomic E-state index is -2.66. The number of amides is 1. The number of rotatable bonds is 16. The van der Waals surface area contributed by atoms with Gasteiger partial charge in [0, 0.05) is 16.3 Å². The molecule has 4 aromatic carbocycles. The largest absolute Gasteiger partial charge is 0.697 e. The van der Waals surface area contributed by atoms with E-state index in [1.807, 2.05) is 78.9 Å². The van der Waals surface area contributed by atoms with Crippen LogP contribution in [-0.2, 0) is 33.1 Å². The molecule has 5 atom stereocenters. The fraction of sp³-hybridized carbons (Fsp3) is 0.341. The molecule has 1 aliphatic heterocycles. The average Bonchev–Trinajstić information content (AvgIpc) is 3.56. The van der Waals surface area contributed by atoms with Crippen LogP contribution in [0.25, 0.3) is 0 Å². The van der Waals surface area contributed by atoms with E-state index in [0.29, 0.717) is 17.1 Å². The van der Waals surface area contributed by atoms with Crippen molar-refractivity contribution < 1.29 is 41.8 Å². The van der Waals surface area contributed by atoms with Crippen LogP contribution in [0.2, 0.25) is 18.1 Å². The van der Waals surface area contributed by atoms with E-state index in [-0.39, 0.29) is 17.5 Å². The molecule has 310 valence electrons. The third-order valence-electron chi connectivity index (χ3n) is 10.9. The zero-order valence-electron chi connectivity index (χ0n) is 34.5. The first-order chi connectivity index (χ1) is 28.2. The number of hydrogen-bond acceptors (Lipinski definition) is 11. The summed E-state index contributed by atoms with van der Waals surface area (Å²) in [5.41, 5.74) is 0.845. The summed E-state index contributed by atoms with van der Waals surface area (Å²) in [4.78, 5) is 31.1. The van der Waals surface area contributed by atoms with E-state index in [2.05, 4.69) is 44.2 Å². The van der Waals surface area contributed by atoms with E-state index >= 15 is 0 Å². The third-order valence-corrected chi connectivity index (χ3v) is 16.1. The lowest BCUT2D eigenvalue weighted by atomic mass is 9.80. The molecular weight excluding hydrogens is 790 g/mol. The van der Waals surface area contributed by atoms with E-state index in [0.717, 1.165) is 16.7 Å². The molecule has 2 heterocycles. The molecule has 1 saturated heterocycles. The zero-order chi connectivity index (χ0) is 42.4. The maximum atomic E-state index is 13.9. The van der Waals surface area contributed by atoms with Crippen LogP contribution >= 0.6 is 8.25 Å². The molecule has 1 unspecified atom stereocenters. The average molecular weight is 841 g/mol. The van der Waals surface area contributed by atoms with Gasteiger partial charge in [0.05, 0.1) is 27.9 Å². The number of aromatic nitrogens is 2. The Morgan fingerprint density at radius 1 is 0.797 bits per heavy atom. The van der Waals surface area contributed by atoms with Crippen LogP contribution in [0.15, 0.2) is 126 Å². The Morgan fingerprint density at radius 3 is 1.85 bits per heavy atom. The highest BCUT2D eigenvalue weighted by molar-refractivity contribution is 7.33. The lowest BCUT2D eigenvalue weighted by Crippen LogP contribution is -2.50. The molecule has 0 spiro atoms. The van der Waals surface area contributed by atoms with E-state index in [4.69, 9.17) is 32.4 Å². The van der Waals surface area contributed by atoms with Crippen LogP contribution in [0.1, 0.15) is 54.0 Å². The van der Waals surface area contributed by atoms with Gasteiger partial charge in [-0.2, -0.15) is 4.98 Å². The number of nitrogens with one attached hydrogen (secondary N) is 1. The normalized spacial score (nSPS) is 18.6. The predicted octanol–water partition coefficient (Wildman–Crippen LogP) is 8.50. The Morgan fingerprint density at radius 2 is 1.34 bits per heavy atom. The Kier molecular flexibility index (Phi) is 13.6. The standard InChI is InChI=1S/C44H50N3O10PSi/c1-43(2,3)59(7,8)57-39-38(56-58(50)53-6)36(55-41(39)47-28-27-37(46-42(47)49)45-40(48)30-15-11-9-12-16-30)29-54-44(31-17-13-10-14-18-31,32-19-23-34(51-4)24-20-32)33-21-25-35(52-5)26-22-33/h9-28,36,38-39,41H,29H2,1-8H3/p+1/t36-,38-,39-,41-/m1/s1. The maximum absolute atomic E-state index is 13.9. The van der Waals surface area contributed by atoms with Crippen LogP contribution in [0.5, 0.6) is 11.5 Å². The molecule has 0 aliphatic carbocycles. The number of anilines is 1. The van der Waals surface area contributed by atoms with Crippen LogP contribution < -0.4 is 20.5 Å².